The fourth-order valence-corrected chi connectivity index (χ4v) is 1.41. The highest BCUT2D eigenvalue weighted by atomic mass is 19.4. The minimum atomic E-state index is -4.50. The fraction of sp³-hybridized carbons (Fsp3) is 0.364. The van der Waals surface area contributed by atoms with Gasteiger partial charge in [-0.3, -0.25) is 0 Å². The molecule has 0 saturated carbocycles. The molecule has 7 heteroatoms. The molecule has 0 aromatic carbocycles. The van der Waals surface area contributed by atoms with E-state index in [0.29, 0.717) is 0 Å². The van der Waals surface area contributed by atoms with Gasteiger partial charge in [0.1, 0.15) is 0 Å². The van der Waals surface area contributed by atoms with E-state index in [9.17, 15) is 13.2 Å². The van der Waals surface area contributed by atoms with E-state index in [4.69, 9.17) is 0 Å². The van der Waals surface area contributed by atoms with Gasteiger partial charge in [-0.15, -0.1) is 5.10 Å². The average molecular weight is 256 g/mol. The van der Waals surface area contributed by atoms with Gasteiger partial charge in [0.05, 0.1) is 17.6 Å². The standard InChI is InChI=1S/C11H11F3N4/c1-7(2)9-3-4-18(17-9)8-5-10(11(12,13)14)16-15-6-8/h3-7H,1-2H3. The van der Waals surface area contributed by atoms with Crippen LogP contribution in [0.4, 0.5) is 13.2 Å². The summed E-state index contributed by atoms with van der Waals surface area (Å²) in [4.78, 5) is 0. The lowest BCUT2D eigenvalue weighted by Crippen LogP contribution is -2.10. The topological polar surface area (TPSA) is 43.6 Å². The second-order valence-corrected chi connectivity index (χ2v) is 4.14. The fourth-order valence-electron chi connectivity index (χ4n) is 1.41. The maximum atomic E-state index is 12.5. The number of rotatable bonds is 2. The van der Waals surface area contributed by atoms with Crippen LogP contribution in [0.25, 0.3) is 5.69 Å². The molecular weight excluding hydrogens is 245 g/mol. The van der Waals surface area contributed by atoms with Gasteiger partial charge in [-0.05, 0) is 18.1 Å². The Morgan fingerprint density at radius 3 is 2.56 bits per heavy atom. The van der Waals surface area contributed by atoms with Gasteiger partial charge in [-0.2, -0.15) is 23.4 Å². The van der Waals surface area contributed by atoms with Gasteiger partial charge >= 0.3 is 6.18 Å². The van der Waals surface area contributed by atoms with Gasteiger partial charge in [0.15, 0.2) is 5.69 Å². The van der Waals surface area contributed by atoms with Crippen LogP contribution in [0.3, 0.4) is 0 Å². The first-order valence-corrected chi connectivity index (χ1v) is 5.34. The molecule has 0 N–H and O–H groups in total. The van der Waals surface area contributed by atoms with Gasteiger partial charge in [0.2, 0.25) is 0 Å². The van der Waals surface area contributed by atoms with E-state index in [1.807, 2.05) is 13.8 Å². The van der Waals surface area contributed by atoms with Gasteiger partial charge in [-0.1, -0.05) is 13.8 Å². The summed E-state index contributed by atoms with van der Waals surface area (Å²) in [7, 11) is 0. The first kappa shape index (κ1) is 12.5. The third kappa shape index (κ3) is 2.49. The number of alkyl halides is 3. The van der Waals surface area contributed by atoms with E-state index in [-0.39, 0.29) is 11.6 Å². The lowest BCUT2D eigenvalue weighted by molar-refractivity contribution is -0.141. The van der Waals surface area contributed by atoms with E-state index in [1.165, 1.54) is 10.9 Å². The zero-order chi connectivity index (χ0) is 13.3. The van der Waals surface area contributed by atoms with Crippen LogP contribution in [-0.2, 0) is 6.18 Å². The van der Waals surface area contributed by atoms with Crippen molar-refractivity contribution in [3.8, 4) is 5.69 Å². The van der Waals surface area contributed by atoms with Crippen LogP contribution in [0, 0.1) is 0 Å². The predicted molar refractivity (Wildman–Crippen MR) is 58.2 cm³/mol. The van der Waals surface area contributed by atoms with Gasteiger partial charge in [0.25, 0.3) is 0 Å². The third-order valence-electron chi connectivity index (χ3n) is 2.40. The van der Waals surface area contributed by atoms with Crippen LogP contribution in [0.2, 0.25) is 0 Å². The normalized spacial score (nSPS) is 12.1. The average Bonchev–Trinajstić information content (AvgIpc) is 2.77. The molecule has 0 aliphatic rings. The van der Waals surface area contributed by atoms with E-state index in [2.05, 4.69) is 15.3 Å². The molecule has 0 saturated heterocycles. The molecule has 0 atom stereocenters. The van der Waals surface area contributed by atoms with Crippen molar-refractivity contribution in [1.82, 2.24) is 20.0 Å². The highest BCUT2D eigenvalue weighted by Crippen LogP contribution is 2.27. The van der Waals surface area contributed by atoms with Crippen molar-refractivity contribution < 1.29 is 13.2 Å². The molecule has 18 heavy (non-hydrogen) atoms. The smallest absolute Gasteiger partial charge is 0.239 e. The zero-order valence-electron chi connectivity index (χ0n) is 9.81. The number of hydrogen-bond acceptors (Lipinski definition) is 3. The van der Waals surface area contributed by atoms with Crippen molar-refractivity contribution in [1.29, 1.82) is 0 Å². The maximum Gasteiger partial charge on any atom is 0.435 e. The Hall–Kier alpha value is -1.92. The van der Waals surface area contributed by atoms with Crippen molar-refractivity contribution in [2.24, 2.45) is 0 Å². The molecule has 2 aromatic heterocycles. The molecule has 2 heterocycles. The second-order valence-electron chi connectivity index (χ2n) is 4.14. The summed E-state index contributed by atoms with van der Waals surface area (Å²) in [5.74, 6) is 0.211. The number of halogens is 3. The summed E-state index contributed by atoms with van der Waals surface area (Å²) in [6.07, 6.45) is -1.66. The van der Waals surface area contributed by atoms with E-state index < -0.39 is 11.9 Å². The molecule has 4 nitrogen and oxygen atoms in total. The summed E-state index contributed by atoms with van der Waals surface area (Å²) in [5, 5.41) is 10.6. The van der Waals surface area contributed by atoms with Crippen molar-refractivity contribution in [2.45, 2.75) is 25.9 Å². The molecule has 96 valence electrons. The molecule has 0 amide bonds. The molecule has 2 aromatic rings. The Labute approximate surface area is 101 Å². The highest BCUT2D eigenvalue weighted by Gasteiger charge is 2.33. The molecule has 0 bridgehead atoms. The summed E-state index contributed by atoms with van der Waals surface area (Å²) < 4.78 is 38.8. The maximum absolute atomic E-state index is 12.5. The predicted octanol–water partition coefficient (Wildman–Crippen LogP) is 2.80. The number of hydrogen-bond donors (Lipinski definition) is 0. The molecule has 0 unspecified atom stereocenters. The van der Waals surface area contributed by atoms with Crippen molar-refractivity contribution in [2.75, 3.05) is 0 Å². The molecular formula is C11H11F3N4. The Kier molecular flexibility index (Phi) is 3.06. The summed E-state index contributed by atoms with van der Waals surface area (Å²) >= 11 is 0. The quantitative estimate of drug-likeness (QED) is 0.829. The first-order valence-electron chi connectivity index (χ1n) is 5.34. The van der Waals surface area contributed by atoms with Crippen molar-refractivity contribution in [3.05, 3.63) is 35.9 Å². The van der Waals surface area contributed by atoms with Gasteiger partial charge < -0.3 is 0 Å². The van der Waals surface area contributed by atoms with Crippen LogP contribution in [0.1, 0.15) is 31.2 Å². The number of nitrogens with zero attached hydrogens (tertiary/aromatic N) is 4. The largest absolute Gasteiger partial charge is 0.435 e. The molecule has 0 aliphatic carbocycles. The SMILES string of the molecule is CC(C)c1ccn(-c2cnnc(C(F)(F)F)c2)n1. The third-order valence-corrected chi connectivity index (χ3v) is 2.40. The Morgan fingerprint density at radius 1 is 1.28 bits per heavy atom. The lowest BCUT2D eigenvalue weighted by Gasteiger charge is -2.06. The van der Waals surface area contributed by atoms with E-state index in [0.717, 1.165) is 11.8 Å². The van der Waals surface area contributed by atoms with Crippen LogP contribution in [0.5, 0.6) is 0 Å². The van der Waals surface area contributed by atoms with Crippen LogP contribution in [-0.4, -0.2) is 20.0 Å². The Morgan fingerprint density at radius 2 is 2.00 bits per heavy atom. The van der Waals surface area contributed by atoms with Crippen molar-refractivity contribution in [3.63, 3.8) is 0 Å². The molecule has 0 aliphatic heterocycles. The van der Waals surface area contributed by atoms with Crippen LogP contribution in [0.15, 0.2) is 24.5 Å². The molecule has 0 spiro atoms. The minimum Gasteiger partial charge on any atom is -0.239 e. The van der Waals surface area contributed by atoms with Gasteiger partial charge in [0, 0.05) is 6.20 Å². The van der Waals surface area contributed by atoms with Crippen LogP contribution >= 0.6 is 0 Å². The molecule has 0 fully saturated rings. The minimum absolute atomic E-state index is 0.211. The lowest BCUT2D eigenvalue weighted by atomic mass is 10.1. The monoisotopic (exact) mass is 256 g/mol. The Bertz CT molecular complexity index is 545. The molecule has 2 rings (SSSR count). The van der Waals surface area contributed by atoms with Crippen LogP contribution < -0.4 is 0 Å². The molecule has 0 radical (unpaired) electrons. The second kappa shape index (κ2) is 4.40. The number of aromatic nitrogens is 4. The van der Waals surface area contributed by atoms with E-state index in [1.54, 1.807) is 12.3 Å². The summed E-state index contributed by atoms with van der Waals surface area (Å²) in [6.45, 7) is 3.91. The first-order chi connectivity index (χ1) is 8.38. The van der Waals surface area contributed by atoms with Crippen molar-refractivity contribution >= 4 is 0 Å². The summed E-state index contributed by atoms with van der Waals surface area (Å²) in [6, 6.07) is 2.68. The van der Waals surface area contributed by atoms with Gasteiger partial charge in [-0.25, -0.2) is 4.68 Å². The summed E-state index contributed by atoms with van der Waals surface area (Å²) in [5.41, 5.74) is 0.0196. The zero-order valence-corrected chi connectivity index (χ0v) is 9.81. The van der Waals surface area contributed by atoms with E-state index >= 15 is 0 Å². The Balaban J connectivity index is 2.38. The highest BCUT2D eigenvalue weighted by molar-refractivity contribution is 5.30.